The fourth-order valence-corrected chi connectivity index (χ4v) is 6.87. The fraction of sp³-hybridized carbons (Fsp3) is 0.500. The van der Waals surface area contributed by atoms with Crippen LogP contribution in [0.15, 0.2) is 29.2 Å². The van der Waals surface area contributed by atoms with Crippen LogP contribution in [0.2, 0.25) is 0 Å². The van der Waals surface area contributed by atoms with Crippen LogP contribution in [0.4, 0.5) is 0 Å². The molecule has 0 radical (unpaired) electrons. The molecule has 0 aromatic heterocycles. The number of benzene rings is 1. The van der Waals surface area contributed by atoms with Gasteiger partial charge in [0.05, 0.1) is 15.9 Å². The zero-order chi connectivity index (χ0) is 13.8. The highest BCUT2D eigenvalue weighted by atomic mass is 32.2. The molecule has 2 heterocycles. The van der Waals surface area contributed by atoms with Crippen LogP contribution in [0, 0.1) is 6.92 Å². The Bertz CT molecular complexity index is 724. The standard InChI is InChI=1S/C12H15NO4S2/c1-9-3-2-4-11(5-9)19(16,17)13-7-12-6-10(13)8-18(12,14)15/h2-5,10,12H,6-8H2,1H3. The van der Waals surface area contributed by atoms with E-state index in [1.165, 1.54) is 4.31 Å². The summed E-state index contributed by atoms with van der Waals surface area (Å²) >= 11 is 0. The first-order chi connectivity index (χ1) is 8.80. The normalized spacial score (nSPS) is 29.7. The van der Waals surface area contributed by atoms with Crippen LogP contribution in [-0.2, 0) is 19.9 Å². The molecule has 2 fully saturated rings. The minimum absolute atomic E-state index is 0.0390. The maximum Gasteiger partial charge on any atom is 0.243 e. The molecule has 104 valence electrons. The lowest BCUT2D eigenvalue weighted by Crippen LogP contribution is -2.43. The van der Waals surface area contributed by atoms with Crippen molar-refractivity contribution >= 4 is 19.9 Å². The maximum atomic E-state index is 12.5. The van der Waals surface area contributed by atoms with Crippen LogP contribution in [-0.4, -0.2) is 44.7 Å². The van der Waals surface area contributed by atoms with Crippen LogP contribution in [0.5, 0.6) is 0 Å². The molecule has 0 N–H and O–H groups in total. The number of sulfone groups is 1. The van der Waals surface area contributed by atoms with Crippen molar-refractivity contribution in [3.63, 3.8) is 0 Å². The summed E-state index contributed by atoms with van der Waals surface area (Å²) in [6, 6.07) is 6.33. The van der Waals surface area contributed by atoms with Gasteiger partial charge in [0.2, 0.25) is 10.0 Å². The molecule has 2 bridgehead atoms. The SMILES string of the molecule is Cc1cccc(S(=O)(=O)N2CC3CC2CS3(=O)=O)c1. The Hall–Kier alpha value is -0.920. The average Bonchev–Trinajstić information content (AvgIpc) is 2.84. The lowest BCUT2D eigenvalue weighted by atomic mass is 10.2. The van der Waals surface area contributed by atoms with Crippen LogP contribution in [0.25, 0.3) is 0 Å². The van der Waals surface area contributed by atoms with Gasteiger partial charge in [-0.1, -0.05) is 12.1 Å². The molecule has 19 heavy (non-hydrogen) atoms. The lowest BCUT2D eigenvalue weighted by molar-refractivity contribution is 0.402. The number of aryl methyl sites for hydroxylation is 1. The molecule has 0 amide bonds. The van der Waals surface area contributed by atoms with Crippen LogP contribution < -0.4 is 0 Å². The number of fused-ring (bicyclic) bond motifs is 2. The van der Waals surface area contributed by atoms with E-state index in [4.69, 9.17) is 0 Å². The van der Waals surface area contributed by atoms with E-state index in [2.05, 4.69) is 0 Å². The first-order valence-electron chi connectivity index (χ1n) is 6.11. The second-order valence-corrected chi connectivity index (χ2v) is 9.45. The summed E-state index contributed by atoms with van der Waals surface area (Å²) < 4.78 is 49.7. The number of sulfonamides is 1. The molecule has 2 atom stereocenters. The van der Waals surface area contributed by atoms with Gasteiger partial charge in [0, 0.05) is 12.6 Å². The molecule has 1 aromatic carbocycles. The zero-order valence-corrected chi connectivity index (χ0v) is 12.1. The monoisotopic (exact) mass is 301 g/mol. The first kappa shape index (κ1) is 13.1. The molecule has 0 saturated carbocycles. The number of nitrogens with zero attached hydrogens (tertiary/aromatic N) is 1. The predicted molar refractivity (Wildman–Crippen MR) is 71.1 cm³/mol. The minimum Gasteiger partial charge on any atom is -0.228 e. The number of hydrogen-bond donors (Lipinski definition) is 0. The molecular weight excluding hydrogens is 286 g/mol. The van der Waals surface area contributed by atoms with E-state index < -0.39 is 25.1 Å². The van der Waals surface area contributed by atoms with Crippen LogP contribution in [0.3, 0.4) is 0 Å². The summed E-state index contributed by atoms with van der Waals surface area (Å²) in [4.78, 5) is 0.248. The zero-order valence-electron chi connectivity index (χ0n) is 10.5. The Balaban J connectivity index is 1.96. The third-order valence-electron chi connectivity index (χ3n) is 3.85. The van der Waals surface area contributed by atoms with E-state index in [0.717, 1.165) is 5.56 Å². The Morgan fingerprint density at radius 1 is 1.32 bits per heavy atom. The van der Waals surface area contributed by atoms with Crippen molar-refractivity contribution in [2.24, 2.45) is 0 Å². The maximum absolute atomic E-state index is 12.5. The van der Waals surface area contributed by atoms with E-state index in [0.29, 0.717) is 6.42 Å². The molecule has 5 nitrogen and oxygen atoms in total. The lowest BCUT2D eigenvalue weighted by Gasteiger charge is -2.26. The van der Waals surface area contributed by atoms with E-state index in [9.17, 15) is 16.8 Å². The van der Waals surface area contributed by atoms with Gasteiger partial charge in [0.15, 0.2) is 9.84 Å². The Morgan fingerprint density at radius 3 is 2.58 bits per heavy atom. The summed E-state index contributed by atoms with van der Waals surface area (Å²) in [5.41, 5.74) is 0.873. The Morgan fingerprint density at radius 2 is 2.05 bits per heavy atom. The van der Waals surface area contributed by atoms with Crippen molar-refractivity contribution in [2.45, 2.75) is 29.5 Å². The second kappa shape index (κ2) is 4.04. The highest BCUT2D eigenvalue weighted by Gasteiger charge is 2.52. The summed E-state index contributed by atoms with van der Waals surface area (Å²) in [7, 11) is -6.65. The Labute approximate surface area is 113 Å². The summed E-state index contributed by atoms with van der Waals surface area (Å²) in [5.74, 6) is -0.0390. The molecule has 3 rings (SSSR count). The van der Waals surface area contributed by atoms with Gasteiger partial charge in [-0.2, -0.15) is 4.31 Å². The molecule has 2 saturated heterocycles. The van der Waals surface area contributed by atoms with Crippen LogP contribution in [0.1, 0.15) is 12.0 Å². The van der Waals surface area contributed by atoms with E-state index in [1.54, 1.807) is 18.2 Å². The van der Waals surface area contributed by atoms with Gasteiger partial charge in [0.25, 0.3) is 0 Å². The summed E-state index contributed by atoms with van der Waals surface area (Å²) in [6.07, 6.45) is 0.438. The minimum atomic E-state index is -3.57. The Kier molecular flexibility index (Phi) is 2.78. The third-order valence-corrected chi connectivity index (χ3v) is 7.98. The van der Waals surface area contributed by atoms with Crippen molar-refractivity contribution in [3.8, 4) is 0 Å². The second-order valence-electron chi connectivity index (χ2n) is 5.23. The molecular formula is C12H15NO4S2. The van der Waals surface area contributed by atoms with Gasteiger partial charge >= 0.3 is 0 Å². The molecule has 0 spiro atoms. The summed E-state index contributed by atoms with van der Waals surface area (Å²) in [6.45, 7) is 1.93. The van der Waals surface area contributed by atoms with E-state index >= 15 is 0 Å². The van der Waals surface area contributed by atoms with Gasteiger partial charge in [-0.3, -0.25) is 0 Å². The van der Waals surface area contributed by atoms with Gasteiger partial charge in [-0.05, 0) is 31.0 Å². The first-order valence-corrected chi connectivity index (χ1v) is 9.26. The fourth-order valence-electron chi connectivity index (χ4n) is 2.87. The molecule has 0 aliphatic carbocycles. The van der Waals surface area contributed by atoms with E-state index in [1.807, 2.05) is 13.0 Å². The summed E-state index contributed by atoms with van der Waals surface area (Å²) in [5, 5.41) is -0.517. The topological polar surface area (TPSA) is 71.5 Å². The van der Waals surface area contributed by atoms with Crippen molar-refractivity contribution in [2.75, 3.05) is 12.3 Å². The quantitative estimate of drug-likeness (QED) is 0.800. The highest BCUT2D eigenvalue weighted by Crippen LogP contribution is 2.36. The van der Waals surface area contributed by atoms with Crippen molar-refractivity contribution in [1.29, 1.82) is 0 Å². The largest absolute Gasteiger partial charge is 0.243 e. The van der Waals surface area contributed by atoms with Gasteiger partial charge < -0.3 is 0 Å². The van der Waals surface area contributed by atoms with Crippen LogP contribution >= 0.6 is 0 Å². The molecule has 2 aliphatic rings. The molecule has 1 aromatic rings. The predicted octanol–water partition coefficient (Wildman–Crippen LogP) is 0.555. The van der Waals surface area contributed by atoms with Crippen molar-refractivity contribution < 1.29 is 16.8 Å². The number of rotatable bonds is 2. The molecule has 2 aliphatic heterocycles. The van der Waals surface area contributed by atoms with Gasteiger partial charge in [-0.25, -0.2) is 16.8 Å². The van der Waals surface area contributed by atoms with Gasteiger partial charge in [-0.15, -0.1) is 0 Å². The van der Waals surface area contributed by atoms with Crippen molar-refractivity contribution in [1.82, 2.24) is 4.31 Å². The molecule has 7 heteroatoms. The van der Waals surface area contributed by atoms with Gasteiger partial charge in [0.1, 0.15) is 0 Å². The number of hydrogen-bond acceptors (Lipinski definition) is 4. The smallest absolute Gasteiger partial charge is 0.228 e. The third kappa shape index (κ3) is 2.00. The van der Waals surface area contributed by atoms with Crippen molar-refractivity contribution in [3.05, 3.63) is 29.8 Å². The highest BCUT2D eigenvalue weighted by molar-refractivity contribution is 7.93. The molecule has 2 unspecified atom stereocenters. The van der Waals surface area contributed by atoms with E-state index in [-0.39, 0.29) is 23.2 Å². The average molecular weight is 301 g/mol.